The van der Waals surface area contributed by atoms with Gasteiger partial charge in [0.15, 0.2) is 0 Å². The van der Waals surface area contributed by atoms with Crippen molar-refractivity contribution >= 4 is 11.3 Å². The first kappa shape index (κ1) is 12.1. The normalized spacial score (nSPS) is 12.4. The van der Waals surface area contributed by atoms with E-state index < -0.39 is 0 Å². The average molecular weight is 247 g/mol. The van der Waals surface area contributed by atoms with Crippen LogP contribution in [-0.4, -0.2) is 7.11 Å². The lowest BCUT2D eigenvalue weighted by Gasteiger charge is -2.14. The molecule has 0 aliphatic carbocycles. The average Bonchev–Trinajstić information content (AvgIpc) is 2.89. The Bertz CT molecular complexity index is 436. The van der Waals surface area contributed by atoms with Crippen molar-refractivity contribution in [3.63, 3.8) is 0 Å². The Morgan fingerprint density at radius 2 is 2.00 bits per heavy atom. The number of thiophene rings is 1. The van der Waals surface area contributed by atoms with E-state index in [1.807, 2.05) is 12.1 Å². The maximum absolute atomic E-state index is 5.15. The van der Waals surface area contributed by atoms with Gasteiger partial charge < -0.3 is 10.1 Å². The van der Waals surface area contributed by atoms with E-state index in [9.17, 15) is 0 Å². The van der Waals surface area contributed by atoms with E-state index in [-0.39, 0.29) is 0 Å². The van der Waals surface area contributed by atoms with Crippen LogP contribution in [0.3, 0.4) is 0 Å². The molecule has 3 heteroatoms. The number of ether oxygens (including phenoxy) is 1. The molecule has 17 heavy (non-hydrogen) atoms. The molecule has 1 aromatic carbocycles. The molecule has 0 amide bonds. The fourth-order valence-corrected chi connectivity index (χ4v) is 2.34. The third kappa shape index (κ3) is 3.32. The van der Waals surface area contributed by atoms with Crippen molar-refractivity contribution in [3.05, 3.63) is 52.2 Å². The van der Waals surface area contributed by atoms with Gasteiger partial charge >= 0.3 is 0 Å². The smallest absolute Gasteiger partial charge is 0.118 e. The Labute approximate surface area is 106 Å². The molecule has 0 saturated heterocycles. The third-order valence-electron chi connectivity index (χ3n) is 2.81. The van der Waals surface area contributed by atoms with Crippen LogP contribution < -0.4 is 10.1 Å². The van der Waals surface area contributed by atoms with E-state index in [1.54, 1.807) is 18.4 Å². The lowest BCUT2D eigenvalue weighted by molar-refractivity contribution is 0.414. The maximum Gasteiger partial charge on any atom is 0.118 e. The summed E-state index contributed by atoms with van der Waals surface area (Å²) in [7, 11) is 1.69. The molecule has 0 aliphatic rings. The fraction of sp³-hybridized carbons (Fsp3) is 0.286. The number of hydrogen-bond acceptors (Lipinski definition) is 3. The van der Waals surface area contributed by atoms with Gasteiger partial charge in [-0.2, -0.15) is 11.3 Å². The molecule has 0 saturated carbocycles. The molecule has 1 aromatic heterocycles. The van der Waals surface area contributed by atoms with Gasteiger partial charge in [-0.15, -0.1) is 0 Å². The summed E-state index contributed by atoms with van der Waals surface area (Å²) in [6.07, 6.45) is 0. The molecule has 2 nitrogen and oxygen atoms in total. The Kier molecular flexibility index (Phi) is 4.18. The minimum absolute atomic E-state index is 0.348. The molecule has 2 rings (SSSR count). The summed E-state index contributed by atoms with van der Waals surface area (Å²) in [5.41, 5.74) is 2.62. The highest BCUT2D eigenvalue weighted by Gasteiger charge is 2.04. The maximum atomic E-state index is 5.15. The summed E-state index contributed by atoms with van der Waals surface area (Å²) in [4.78, 5) is 0. The molecule has 1 heterocycles. The zero-order valence-electron chi connectivity index (χ0n) is 10.1. The summed E-state index contributed by atoms with van der Waals surface area (Å²) in [6.45, 7) is 3.09. The second-order valence-corrected chi connectivity index (χ2v) is 4.79. The molecule has 0 unspecified atom stereocenters. The molecule has 2 aromatic rings. The summed E-state index contributed by atoms with van der Waals surface area (Å²) in [6, 6.07) is 10.7. The van der Waals surface area contributed by atoms with Gasteiger partial charge in [-0.1, -0.05) is 12.1 Å². The van der Waals surface area contributed by atoms with Crippen molar-refractivity contribution in [1.82, 2.24) is 5.32 Å². The van der Waals surface area contributed by atoms with Crippen molar-refractivity contribution < 1.29 is 4.74 Å². The Balaban J connectivity index is 1.92. The first-order valence-corrected chi connectivity index (χ1v) is 6.62. The van der Waals surface area contributed by atoms with Gasteiger partial charge in [-0.05, 0) is 47.0 Å². The van der Waals surface area contributed by atoms with Gasteiger partial charge in [0.2, 0.25) is 0 Å². The van der Waals surface area contributed by atoms with Crippen LogP contribution in [0.1, 0.15) is 24.1 Å². The molecule has 1 N–H and O–H groups in total. The summed E-state index contributed by atoms with van der Waals surface area (Å²) in [5, 5.41) is 7.79. The molecular weight excluding hydrogens is 230 g/mol. The monoisotopic (exact) mass is 247 g/mol. The van der Waals surface area contributed by atoms with Crippen LogP contribution in [0.2, 0.25) is 0 Å². The fourth-order valence-electron chi connectivity index (χ4n) is 1.67. The molecule has 1 atom stereocenters. The summed E-state index contributed by atoms with van der Waals surface area (Å²) < 4.78 is 5.15. The van der Waals surface area contributed by atoms with E-state index >= 15 is 0 Å². The first-order chi connectivity index (χ1) is 8.29. The standard InChI is InChI=1S/C14H17NOS/c1-11(15-9-12-7-8-17-10-12)13-3-5-14(16-2)6-4-13/h3-8,10-11,15H,9H2,1-2H3/t11-/m0/s1. The van der Waals surface area contributed by atoms with Gasteiger partial charge in [0.25, 0.3) is 0 Å². The van der Waals surface area contributed by atoms with Crippen LogP contribution in [0.5, 0.6) is 5.75 Å². The van der Waals surface area contributed by atoms with Gasteiger partial charge in [0.05, 0.1) is 7.11 Å². The molecule has 0 bridgehead atoms. The SMILES string of the molecule is COc1ccc([C@H](C)NCc2ccsc2)cc1. The topological polar surface area (TPSA) is 21.3 Å². The molecular formula is C14H17NOS. The van der Waals surface area contributed by atoms with Crippen molar-refractivity contribution in [2.24, 2.45) is 0 Å². The first-order valence-electron chi connectivity index (χ1n) is 5.68. The van der Waals surface area contributed by atoms with Crippen molar-refractivity contribution in [2.75, 3.05) is 7.11 Å². The van der Waals surface area contributed by atoms with Crippen LogP contribution in [0.15, 0.2) is 41.1 Å². The highest BCUT2D eigenvalue weighted by atomic mass is 32.1. The Morgan fingerprint density at radius 1 is 1.24 bits per heavy atom. The predicted octanol–water partition coefficient (Wildman–Crippen LogP) is 3.61. The number of nitrogens with one attached hydrogen (secondary N) is 1. The van der Waals surface area contributed by atoms with Crippen LogP contribution >= 0.6 is 11.3 Å². The number of benzene rings is 1. The lowest BCUT2D eigenvalue weighted by atomic mass is 10.1. The quantitative estimate of drug-likeness (QED) is 0.871. The van der Waals surface area contributed by atoms with Crippen molar-refractivity contribution in [2.45, 2.75) is 19.5 Å². The second kappa shape index (κ2) is 5.84. The van der Waals surface area contributed by atoms with E-state index in [1.165, 1.54) is 11.1 Å². The van der Waals surface area contributed by atoms with Crippen LogP contribution in [0.4, 0.5) is 0 Å². The zero-order chi connectivity index (χ0) is 12.1. The lowest BCUT2D eigenvalue weighted by Crippen LogP contribution is -2.17. The zero-order valence-corrected chi connectivity index (χ0v) is 11.0. The van der Waals surface area contributed by atoms with Crippen molar-refractivity contribution in [1.29, 1.82) is 0 Å². The Morgan fingerprint density at radius 3 is 2.59 bits per heavy atom. The predicted molar refractivity (Wildman–Crippen MR) is 72.6 cm³/mol. The molecule has 90 valence electrons. The van der Waals surface area contributed by atoms with Gasteiger partial charge in [0, 0.05) is 12.6 Å². The summed E-state index contributed by atoms with van der Waals surface area (Å²) >= 11 is 1.74. The van der Waals surface area contributed by atoms with Crippen LogP contribution in [0.25, 0.3) is 0 Å². The highest BCUT2D eigenvalue weighted by molar-refractivity contribution is 7.07. The van der Waals surface area contributed by atoms with E-state index in [4.69, 9.17) is 4.74 Å². The Hall–Kier alpha value is -1.32. The van der Waals surface area contributed by atoms with E-state index in [2.05, 4.69) is 41.2 Å². The number of methoxy groups -OCH3 is 1. The van der Waals surface area contributed by atoms with E-state index in [0.717, 1.165) is 12.3 Å². The third-order valence-corrected chi connectivity index (χ3v) is 3.54. The van der Waals surface area contributed by atoms with Crippen molar-refractivity contribution in [3.8, 4) is 5.75 Å². The van der Waals surface area contributed by atoms with Crippen LogP contribution in [-0.2, 0) is 6.54 Å². The highest BCUT2D eigenvalue weighted by Crippen LogP contribution is 2.17. The second-order valence-electron chi connectivity index (χ2n) is 4.01. The number of rotatable bonds is 5. The number of hydrogen-bond donors (Lipinski definition) is 1. The molecule has 0 radical (unpaired) electrons. The van der Waals surface area contributed by atoms with Gasteiger partial charge in [0.1, 0.15) is 5.75 Å². The van der Waals surface area contributed by atoms with Gasteiger partial charge in [-0.25, -0.2) is 0 Å². The molecule has 0 fully saturated rings. The molecule has 0 spiro atoms. The minimum atomic E-state index is 0.348. The summed E-state index contributed by atoms with van der Waals surface area (Å²) in [5.74, 6) is 0.902. The minimum Gasteiger partial charge on any atom is -0.497 e. The molecule has 0 aliphatic heterocycles. The van der Waals surface area contributed by atoms with E-state index in [0.29, 0.717) is 6.04 Å². The van der Waals surface area contributed by atoms with Gasteiger partial charge in [-0.3, -0.25) is 0 Å². The largest absolute Gasteiger partial charge is 0.497 e. The van der Waals surface area contributed by atoms with Crippen LogP contribution in [0, 0.1) is 0 Å².